The molecule has 34 heavy (non-hydrogen) atoms. The second-order valence-electron chi connectivity index (χ2n) is 7.99. The summed E-state index contributed by atoms with van der Waals surface area (Å²) in [6.45, 7) is 2.02. The van der Waals surface area contributed by atoms with Crippen LogP contribution in [0, 0.1) is 6.92 Å². The summed E-state index contributed by atoms with van der Waals surface area (Å²) < 4.78 is 11.1. The van der Waals surface area contributed by atoms with Gasteiger partial charge in [-0.1, -0.05) is 22.8 Å². The normalized spacial score (nSPS) is 11.1. The van der Waals surface area contributed by atoms with Gasteiger partial charge in [-0.2, -0.15) is 4.98 Å². The second-order valence-corrected chi connectivity index (χ2v) is 8.42. The summed E-state index contributed by atoms with van der Waals surface area (Å²) in [6.07, 6.45) is 1.45. The molecule has 5 rings (SSSR count). The number of benzene rings is 3. The first-order valence-corrected chi connectivity index (χ1v) is 11.3. The van der Waals surface area contributed by atoms with Crippen molar-refractivity contribution in [1.82, 2.24) is 15.1 Å². The highest BCUT2D eigenvalue weighted by atomic mass is 35.5. The molecule has 0 atom stereocenters. The van der Waals surface area contributed by atoms with Crippen molar-refractivity contribution in [3.8, 4) is 22.8 Å². The number of anilines is 1. The van der Waals surface area contributed by atoms with Crippen LogP contribution in [0.1, 0.15) is 24.3 Å². The summed E-state index contributed by atoms with van der Waals surface area (Å²) in [4.78, 5) is 21.3. The van der Waals surface area contributed by atoms with Crippen molar-refractivity contribution >= 4 is 34.3 Å². The Morgan fingerprint density at radius 3 is 2.53 bits per heavy atom. The molecule has 0 fully saturated rings. The summed E-state index contributed by atoms with van der Waals surface area (Å²) in [5.74, 6) is 1.47. The maximum Gasteiger partial charge on any atom is 0.227 e. The highest BCUT2D eigenvalue weighted by Crippen LogP contribution is 2.26. The molecule has 170 valence electrons. The Bertz CT molecular complexity index is 1440. The molecule has 0 aliphatic carbocycles. The molecule has 1 N–H and O–H groups in total. The van der Waals surface area contributed by atoms with Crippen molar-refractivity contribution in [2.24, 2.45) is 0 Å². The molecule has 2 heterocycles. The number of fused-ring (bicyclic) bond motifs is 1. The van der Waals surface area contributed by atoms with Gasteiger partial charge in [0, 0.05) is 34.7 Å². The fourth-order valence-electron chi connectivity index (χ4n) is 3.55. The molecule has 2 aromatic heterocycles. The Kier molecular flexibility index (Phi) is 6.10. The molecule has 3 aromatic carbocycles. The number of carbonyl (C=O) groups is 1. The zero-order chi connectivity index (χ0) is 23.5. The van der Waals surface area contributed by atoms with E-state index in [2.05, 4.69) is 20.4 Å². The van der Waals surface area contributed by atoms with Gasteiger partial charge in [0.2, 0.25) is 23.5 Å². The lowest BCUT2D eigenvalue weighted by molar-refractivity contribution is -0.116. The zero-order valence-corrected chi connectivity index (χ0v) is 19.2. The number of rotatable bonds is 7. The van der Waals surface area contributed by atoms with Crippen LogP contribution in [0.15, 0.2) is 75.7 Å². The average molecular weight is 473 g/mol. The van der Waals surface area contributed by atoms with Gasteiger partial charge in [0.25, 0.3) is 0 Å². The SMILES string of the molecule is Cc1ccc2oc(-c3ccc(NC(=O)CCCc4nc(-c5ccc(Cl)cc5)no4)cc3)nc2c1. The number of oxazole rings is 1. The van der Waals surface area contributed by atoms with E-state index in [4.69, 9.17) is 20.5 Å². The number of amides is 1. The molecule has 0 aliphatic rings. The van der Waals surface area contributed by atoms with Crippen LogP contribution in [0.3, 0.4) is 0 Å². The van der Waals surface area contributed by atoms with Crippen LogP contribution in [0.4, 0.5) is 5.69 Å². The Hall–Kier alpha value is -3.97. The van der Waals surface area contributed by atoms with E-state index < -0.39 is 0 Å². The quantitative estimate of drug-likeness (QED) is 0.292. The number of hydrogen-bond acceptors (Lipinski definition) is 6. The molecule has 0 aliphatic heterocycles. The van der Waals surface area contributed by atoms with Gasteiger partial charge in [0.05, 0.1) is 0 Å². The van der Waals surface area contributed by atoms with Crippen LogP contribution in [0.25, 0.3) is 33.9 Å². The number of aromatic nitrogens is 3. The lowest BCUT2D eigenvalue weighted by Crippen LogP contribution is -2.11. The van der Waals surface area contributed by atoms with Gasteiger partial charge in [0.15, 0.2) is 5.58 Å². The van der Waals surface area contributed by atoms with E-state index in [1.165, 1.54) is 0 Å². The van der Waals surface area contributed by atoms with E-state index in [9.17, 15) is 4.79 Å². The Balaban J connectivity index is 1.13. The average Bonchev–Trinajstić information content (AvgIpc) is 3.47. The highest BCUT2D eigenvalue weighted by molar-refractivity contribution is 6.30. The summed E-state index contributed by atoms with van der Waals surface area (Å²) in [5, 5.41) is 7.55. The fraction of sp³-hybridized carbons (Fsp3) is 0.154. The molecule has 8 heteroatoms. The first kappa shape index (κ1) is 21.9. The van der Waals surface area contributed by atoms with Gasteiger partial charge >= 0.3 is 0 Å². The highest BCUT2D eigenvalue weighted by Gasteiger charge is 2.11. The standard InChI is InChI=1S/C26H21ClN4O3/c1-16-5-14-22-21(15-16)29-26(33-22)18-8-12-20(13-9-18)28-23(32)3-2-4-24-30-25(31-34-24)17-6-10-19(27)11-7-17/h5-15H,2-4H2,1H3,(H,28,32). The van der Waals surface area contributed by atoms with E-state index in [-0.39, 0.29) is 5.91 Å². The van der Waals surface area contributed by atoms with E-state index in [0.29, 0.717) is 47.6 Å². The molecule has 7 nitrogen and oxygen atoms in total. The van der Waals surface area contributed by atoms with Crippen LogP contribution in [-0.4, -0.2) is 21.0 Å². The zero-order valence-electron chi connectivity index (χ0n) is 18.4. The second kappa shape index (κ2) is 9.49. The number of carbonyl (C=O) groups excluding carboxylic acids is 1. The molecule has 5 aromatic rings. The van der Waals surface area contributed by atoms with Gasteiger partial charge < -0.3 is 14.3 Å². The van der Waals surface area contributed by atoms with Gasteiger partial charge in [-0.3, -0.25) is 4.79 Å². The van der Waals surface area contributed by atoms with Crippen molar-refractivity contribution < 1.29 is 13.7 Å². The van der Waals surface area contributed by atoms with Crippen LogP contribution >= 0.6 is 11.6 Å². The first-order valence-electron chi connectivity index (χ1n) is 10.9. The number of nitrogens with zero attached hydrogens (tertiary/aromatic N) is 3. The lowest BCUT2D eigenvalue weighted by atomic mass is 10.2. The molecular weight excluding hydrogens is 452 g/mol. The Morgan fingerprint density at radius 2 is 1.74 bits per heavy atom. The van der Waals surface area contributed by atoms with Crippen molar-refractivity contribution in [1.29, 1.82) is 0 Å². The number of hydrogen-bond donors (Lipinski definition) is 1. The predicted octanol–water partition coefficient (Wildman–Crippen LogP) is 6.47. The third-order valence-corrected chi connectivity index (χ3v) is 5.58. The summed E-state index contributed by atoms with van der Waals surface area (Å²) in [5.41, 5.74) is 5.09. The van der Waals surface area contributed by atoms with Crippen LogP contribution in [0.5, 0.6) is 0 Å². The minimum atomic E-state index is -0.0810. The van der Waals surface area contributed by atoms with Crippen LogP contribution in [-0.2, 0) is 11.2 Å². The van der Waals surface area contributed by atoms with E-state index >= 15 is 0 Å². The smallest absolute Gasteiger partial charge is 0.227 e. The summed E-state index contributed by atoms with van der Waals surface area (Å²) >= 11 is 5.91. The number of nitrogens with one attached hydrogen (secondary N) is 1. The fourth-order valence-corrected chi connectivity index (χ4v) is 3.68. The topological polar surface area (TPSA) is 94.1 Å². The van der Waals surface area contributed by atoms with Crippen molar-refractivity contribution in [2.75, 3.05) is 5.32 Å². The van der Waals surface area contributed by atoms with E-state index in [1.54, 1.807) is 12.1 Å². The Morgan fingerprint density at radius 1 is 0.971 bits per heavy atom. The Labute approximate surface area is 200 Å². The largest absolute Gasteiger partial charge is 0.436 e. The maximum absolute atomic E-state index is 12.3. The molecule has 0 saturated heterocycles. The van der Waals surface area contributed by atoms with Crippen molar-refractivity contribution in [3.63, 3.8) is 0 Å². The van der Waals surface area contributed by atoms with Gasteiger partial charge in [0.1, 0.15) is 5.52 Å². The molecular formula is C26H21ClN4O3. The van der Waals surface area contributed by atoms with E-state index in [0.717, 1.165) is 27.8 Å². The van der Waals surface area contributed by atoms with Gasteiger partial charge in [-0.15, -0.1) is 0 Å². The maximum atomic E-state index is 12.3. The monoisotopic (exact) mass is 472 g/mol. The van der Waals surface area contributed by atoms with Crippen LogP contribution in [0.2, 0.25) is 5.02 Å². The number of halogens is 1. The van der Waals surface area contributed by atoms with Crippen molar-refractivity contribution in [2.45, 2.75) is 26.2 Å². The molecule has 1 amide bonds. The lowest BCUT2D eigenvalue weighted by Gasteiger charge is -2.05. The molecule has 0 unspecified atom stereocenters. The molecule has 0 radical (unpaired) electrons. The van der Waals surface area contributed by atoms with Gasteiger partial charge in [-0.05, 0) is 79.6 Å². The summed E-state index contributed by atoms with van der Waals surface area (Å²) in [6, 6.07) is 20.6. The van der Waals surface area contributed by atoms with Crippen LogP contribution < -0.4 is 5.32 Å². The summed E-state index contributed by atoms with van der Waals surface area (Å²) in [7, 11) is 0. The minimum Gasteiger partial charge on any atom is -0.436 e. The predicted molar refractivity (Wildman–Crippen MR) is 130 cm³/mol. The molecule has 0 bridgehead atoms. The minimum absolute atomic E-state index is 0.0810. The number of aryl methyl sites for hydroxylation is 2. The van der Waals surface area contributed by atoms with E-state index in [1.807, 2.05) is 61.5 Å². The molecule has 0 saturated carbocycles. The third kappa shape index (κ3) is 5.00. The van der Waals surface area contributed by atoms with Crippen molar-refractivity contribution in [3.05, 3.63) is 83.2 Å². The van der Waals surface area contributed by atoms with Gasteiger partial charge in [-0.25, -0.2) is 4.98 Å². The molecule has 0 spiro atoms. The third-order valence-electron chi connectivity index (χ3n) is 5.32. The first-order chi connectivity index (χ1) is 16.5.